The van der Waals surface area contributed by atoms with Crippen LogP contribution in [-0.4, -0.2) is 36.0 Å². The topological polar surface area (TPSA) is 12.5 Å². The second kappa shape index (κ2) is 8.67. The summed E-state index contributed by atoms with van der Waals surface area (Å²) >= 11 is 3.48. The molecule has 1 atom stereocenters. The highest BCUT2D eigenvalue weighted by molar-refractivity contribution is 9.09. The summed E-state index contributed by atoms with van der Waals surface area (Å²) in [7, 11) is 0. The van der Waals surface area contributed by atoms with Gasteiger partial charge in [0.2, 0.25) is 0 Å². The molecule has 3 heteroatoms. The second-order valence-corrected chi connectivity index (χ2v) is 4.96. The van der Waals surface area contributed by atoms with Gasteiger partial charge in [0, 0.05) is 17.9 Å². The van der Waals surface area contributed by atoms with Gasteiger partial charge in [0.05, 0.1) is 13.2 Å². The van der Waals surface area contributed by atoms with Gasteiger partial charge in [-0.3, -0.25) is 4.90 Å². The summed E-state index contributed by atoms with van der Waals surface area (Å²) in [6, 6.07) is 10.8. The highest BCUT2D eigenvalue weighted by Crippen LogP contribution is 2.04. The highest BCUT2D eigenvalue weighted by Gasteiger charge is 2.10. The van der Waals surface area contributed by atoms with E-state index >= 15 is 0 Å². The van der Waals surface area contributed by atoms with Crippen molar-refractivity contribution in [3.63, 3.8) is 0 Å². The molecule has 1 rings (SSSR count). The van der Waals surface area contributed by atoms with Crippen LogP contribution < -0.4 is 0 Å². The quantitative estimate of drug-likeness (QED) is 0.683. The van der Waals surface area contributed by atoms with Crippen LogP contribution in [0, 0.1) is 0 Å². The lowest BCUT2D eigenvalue weighted by molar-refractivity contribution is 0.0616. The zero-order valence-corrected chi connectivity index (χ0v) is 12.3. The van der Waals surface area contributed by atoms with Crippen LogP contribution in [0.1, 0.15) is 19.4 Å². The molecule has 0 N–H and O–H groups in total. The first-order valence-corrected chi connectivity index (χ1v) is 7.31. The van der Waals surface area contributed by atoms with Crippen LogP contribution in [-0.2, 0) is 11.3 Å². The fourth-order valence-corrected chi connectivity index (χ4v) is 2.28. The van der Waals surface area contributed by atoms with Crippen LogP contribution >= 0.6 is 15.9 Å². The van der Waals surface area contributed by atoms with E-state index in [9.17, 15) is 0 Å². The molecule has 0 saturated heterocycles. The van der Waals surface area contributed by atoms with Crippen molar-refractivity contribution in [3.05, 3.63) is 35.9 Å². The third-order valence-corrected chi connectivity index (χ3v) is 3.23. The predicted octanol–water partition coefficient (Wildman–Crippen LogP) is 3.31. The van der Waals surface area contributed by atoms with Gasteiger partial charge in [0.1, 0.15) is 0 Å². The van der Waals surface area contributed by atoms with Crippen molar-refractivity contribution in [3.8, 4) is 0 Å². The molecule has 0 aliphatic heterocycles. The third kappa shape index (κ3) is 5.66. The zero-order chi connectivity index (χ0) is 12.5. The molecule has 1 aromatic carbocycles. The summed E-state index contributed by atoms with van der Waals surface area (Å²) in [6.07, 6.45) is 0. The van der Waals surface area contributed by atoms with Crippen molar-refractivity contribution >= 4 is 15.9 Å². The lowest BCUT2D eigenvalue weighted by Crippen LogP contribution is -2.37. The molecule has 0 radical (unpaired) electrons. The van der Waals surface area contributed by atoms with E-state index in [4.69, 9.17) is 4.74 Å². The maximum Gasteiger partial charge on any atom is 0.0717 e. The molecule has 0 bridgehead atoms. The summed E-state index contributed by atoms with van der Waals surface area (Å²) in [5, 5.41) is 1.02. The Morgan fingerprint density at radius 1 is 1.29 bits per heavy atom. The summed E-state index contributed by atoms with van der Waals surface area (Å²) in [5.74, 6) is 0. The van der Waals surface area contributed by atoms with Gasteiger partial charge in [-0.1, -0.05) is 53.2 Å². The van der Waals surface area contributed by atoms with E-state index in [1.54, 1.807) is 0 Å². The fourth-order valence-electron chi connectivity index (χ4n) is 1.83. The van der Waals surface area contributed by atoms with E-state index in [2.05, 4.69) is 46.8 Å². The molecular formula is C14H22BrNO. The number of halogens is 1. The Bertz CT molecular complexity index is 292. The zero-order valence-electron chi connectivity index (χ0n) is 10.7. The maximum absolute atomic E-state index is 5.75. The van der Waals surface area contributed by atoms with E-state index in [1.807, 2.05) is 18.2 Å². The molecule has 1 unspecified atom stereocenters. The molecule has 2 nitrogen and oxygen atoms in total. The number of alkyl halides is 1. The fraction of sp³-hybridized carbons (Fsp3) is 0.571. The van der Waals surface area contributed by atoms with Gasteiger partial charge < -0.3 is 4.74 Å². The molecule has 0 aliphatic carbocycles. The lowest BCUT2D eigenvalue weighted by atomic mass is 10.2. The standard InChI is InChI=1S/C14H22BrNO/c1-3-16(10-9-15)13(2)11-17-12-14-7-5-4-6-8-14/h4-8,13H,3,9-12H2,1-2H3. The predicted molar refractivity (Wildman–Crippen MR) is 76.6 cm³/mol. The van der Waals surface area contributed by atoms with Crippen LogP contribution in [0.25, 0.3) is 0 Å². The molecular weight excluding hydrogens is 278 g/mol. The normalized spacial score (nSPS) is 12.9. The van der Waals surface area contributed by atoms with Gasteiger partial charge in [-0.2, -0.15) is 0 Å². The van der Waals surface area contributed by atoms with Gasteiger partial charge in [-0.05, 0) is 19.0 Å². The average molecular weight is 300 g/mol. The Morgan fingerprint density at radius 3 is 2.59 bits per heavy atom. The Kier molecular flexibility index (Phi) is 7.49. The molecule has 1 aromatic rings. The first kappa shape index (κ1) is 14.7. The first-order valence-electron chi connectivity index (χ1n) is 6.19. The van der Waals surface area contributed by atoms with Gasteiger partial charge in [-0.25, -0.2) is 0 Å². The molecule has 0 aliphatic rings. The SMILES string of the molecule is CCN(CCBr)C(C)COCc1ccccc1. The summed E-state index contributed by atoms with van der Waals surface area (Å²) < 4.78 is 5.75. The van der Waals surface area contributed by atoms with Crippen molar-refractivity contribution < 1.29 is 4.74 Å². The monoisotopic (exact) mass is 299 g/mol. The number of hydrogen-bond acceptors (Lipinski definition) is 2. The van der Waals surface area contributed by atoms with Gasteiger partial charge in [0.25, 0.3) is 0 Å². The minimum atomic E-state index is 0.473. The maximum atomic E-state index is 5.75. The molecule has 0 spiro atoms. The molecule has 0 heterocycles. The number of rotatable bonds is 8. The number of benzene rings is 1. The molecule has 96 valence electrons. The van der Waals surface area contributed by atoms with E-state index in [0.29, 0.717) is 12.6 Å². The van der Waals surface area contributed by atoms with Crippen LogP contribution in [0.4, 0.5) is 0 Å². The second-order valence-electron chi connectivity index (χ2n) is 4.17. The number of likely N-dealkylation sites (N-methyl/N-ethyl adjacent to an activating group) is 1. The van der Waals surface area contributed by atoms with E-state index < -0.39 is 0 Å². The van der Waals surface area contributed by atoms with Crippen LogP contribution in [0.15, 0.2) is 30.3 Å². The van der Waals surface area contributed by atoms with Gasteiger partial charge in [0.15, 0.2) is 0 Å². The molecule has 17 heavy (non-hydrogen) atoms. The van der Waals surface area contributed by atoms with Crippen molar-refractivity contribution in [1.82, 2.24) is 4.90 Å². The molecule has 0 fully saturated rings. The Balaban J connectivity index is 2.25. The lowest BCUT2D eigenvalue weighted by Gasteiger charge is -2.26. The first-order chi connectivity index (χ1) is 8.27. The van der Waals surface area contributed by atoms with E-state index in [0.717, 1.165) is 25.0 Å². The summed E-state index contributed by atoms with van der Waals surface area (Å²) in [4.78, 5) is 2.42. The van der Waals surface area contributed by atoms with Crippen molar-refractivity contribution in [2.24, 2.45) is 0 Å². The van der Waals surface area contributed by atoms with Gasteiger partial charge in [-0.15, -0.1) is 0 Å². The number of hydrogen-bond donors (Lipinski definition) is 0. The van der Waals surface area contributed by atoms with Crippen molar-refractivity contribution in [2.75, 3.05) is 25.0 Å². The molecule has 0 saturated carbocycles. The largest absolute Gasteiger partial charge is 0.375 e. The third-order valence-electron chi connectivity index (χ3n) is 2.87. The van der Waals surface area contributed by atoms with Crippen molar-refractivity contribution in [1.29, 1.82) is 0 Å². The Hall–Kier alpha value is -0.380. The minimum Gasteiger partial charge on any atom is -0.375 e. The Labute approximate surface area is 113 Å². The van der Waals surface area contributed by atoms with Crippen molar-refractivity contribution in [2.45, 2.75) is 26.5 Å². The van der Waals surface area contributed by atoms with E-state index in [-0.39, 0.29) is 0 Å². The van der Waals surface area contributed by atoms with E-state index in [1.165, 1.54) is 5.56 Å². The molecule has 0 amide bonds. The van der Waals surface area contributed by atoms with Crippen LogP contribution in [0.3, 0.4) is 0 Å². The highest BCUT2D eigenvalue weighted by atomic mass is 79.9. The minimum absolute atomic E-state index is 0.473. The Morgan fingerprint density at radius 2 is 2.00 bits per heavy atom. The summed E-state index contributed by atoms with van der Waals surface area (Å²) in [5.41, 5.74) is 1.24. The van der Waals surface area contributed by atoms with Crippen LogP contribution in [0.2, 0.25) is 0 Å². The van der Waals surface area contributed by atoms with Gasteiger partial charge >= 0.3 is 0 Å². The number of nitrogens with zero attached hydrogens (tertiary/aromatic N) is 1. The smallest absolute Gasteiger partial charge is 0.0717 e. The van der Waals surface area contributed by atoms with Crippen LogP contribution in [0.5, 0.6) is 0 Å². The average Bonchev–Trinajstić information content (AvgIpc) is 2.37. The summed E-state index contributed by atoms with van der Waals surface area (Å²) in [6.45, 7) is 8.05. The number of ether oxygens (including phenoxy) is 1. The molecule has 0 aromatic heterocycles.